The predicted molar refractivity (Wildman–Crippen MR) is 175 cm³/mol. The number of hydrogen-bond donors (Lipinski definition) is 2. The molecule has 0 saturated carbocycles. The maximum atomic E-state index is 13.6. The zero-order chi connectivity index (χ0) is 32.4. The lowest BCUT2D eigenvalue weighted by atomic mass is 9.65. The Labute approximate surface area is 267 Å². The maximum absolute atomic E-state index is 13.6. The molecule has 0 bridgehead atoms. The first kappa shape index (κ1) is 28.5. The number of carbonyl (C=O) groups excluding carboxylic acids is 1. The van der Waals surface area contributed by atoms with Crippen LogP contribution in [0.25, 0.3) is 32.8 Å². The van der Waals surface area contributed by atoms with Crippen molar-refractivity contribution >= 4 is 50.2 Å². The fraction of sp³-hybridized carbons (Fsp3) is 0.194. The van der Waals surface area contributed by atoms with Gasteiger partial charge in [-0.05, 0) is 76.0 Å². The number of ether oxygens (including phenoxy) is 3. The second kappa shape index (κ2) is 10.8. The Morgan fingerprint density at radius 3 is 2.00 bits per heavy atom. The number of methoxy groups -OCH3 is 2. The highest BCUT2D eigenvalue weighted by atomic mass is 16.6. The van der Waals surface area contributed by atoms with Crippen molar-refractivity contribution in [1.82, 2.24) is 9.97 Å². The van der Waals surface area contributed by atoms with Gasteiger partial charge in [-0.25, -0.2) is 9.97 Å². The van der Waals surface area contributed by atoms with Crippen molar-refractivity contribution in [3.8, 4) is 17.2 Å². The normalized spacial score (nSPS) is 20.1. The number of esters is 1. The molecule has 1 fully saturated rings. The van der Waals surface area contributed by atoms with Crippen molar-refractivity contribution in [2.24, 2.45) is 11.8 Å². The first-order chi connectivity index (χ1) is 22.8. The van der Waals surface area contributed by atoms with Gasteiger partial charge in [-0.1, -0.05) is 24.3 Å². The van der Waals surface area contributed by atoms with Crippen molar-refractivity contribution in [3.05, 3.63) is 112 Å². The predicted octanol–water partition coefficient (Wildman–Crippen LogP) is 6.66. The third-order valence-electron chi connectivity index (χ3n) is 9.38. The highest BCUT2D eigenvalue weighted by Crippen LogP contribution is 2.54. The van der Waals surface area contributed by atoms with Crippen LogP contribution in [-0.4, -0.2) is 46.8 Å². The molecule has 2 aliphatic rings. The molecule has 11 nitrogen and oxygen atoms in total. The number of aromatic hydroxyl groups is 1. The number of rotatable bonds is 6. The Morgan fingerprint density at radius 2 is 1.43 bits per heavy atom. The third-order valence-corrected chi connectivity index (χ3v) is 9.38. The van der Waals surface area contributed by atoms with Gasteiger partial charge in [-0.2, -0.15) is 0 Å². The molecular weight excluding hydrogens is 600 g/mol. The largest absolute Gasteiger partial charge is 0.502 e. The molecule has 1 aromatic heterocycles. The van der Waals surface area contributed by atoms with E-state index in [1.165, 1.54) is 26.4 Å². The van der Waals surface area contributed by atoms with E-state index in [0.717, 1.165) is 32.9 Å². The van der Waals surface area contributed by atoms with Crippen LogP contribution in [0, 0.1) is 22.0 Å². The fourth-order valence-corrected chi connectivity index (χ4v) is 7.17. The van der Waals surface area contributed by atoms with E-state index in [1.807, 2.05) is 48.5 Å². The van der Waals surface area contributed by atoms with Crippen molar-refractivity contribution in [2.75, 3.05) is 26.1 Å². The lowest BCUT2D eigenvalue weighted by Gasteiger charge is -2.40. The molecule has 0 unspecified atom stereocenters. The SMILES string of the molecule is COc1cc([C@@H]2c3cc4nc5cc6ccccc6cc5nc4cc3[C@@H](Nc3ccc([N+](=O)[O-])cc3)[C@H]3COC(=O)[C@H]23)cc(OC)c1O. The van der Waals surface area contributed by atoms with E-state index in [9.17, 15) is 20.0 Å². The van der Waals surface area contributed by atoms with Crippen LogP contribution in [-0.2, 0) is 9.53 Å². The number of benzene rings is 5. The summed E-state index contributed by atoms with van der Waals surface area (Å²) in [5.74, 6) is -1.46. The zero-order valence-corrected chi connectivity index (χ0v) is 25.3. The summed E-state index contributed by atoms with van der Waals surface area (Å²) in [7, 11) is 2.92. The number of aromatic nitrogens is 2. The number of fused-ring (bicyclic) bond motifs is 5. The molecule has 1 aliphatic heterocycles. The minimum Gasteiger partial charge on any atom is -0.502 e. The number of nitrogens with zero attached hydrogens (tertiary/aromatic N) is 3. The molecule has 2 N–H and O–H groups in total. The monoisotopic (exact) mass is 628 g/mol. The molecule has 1 saturated heterocycles. The average Bonchev–Trinajstić information content (AvgIpc) is 3.46. The van der Waals surface area contributed by atoms with E-state index in [4.69, 9.17) is 24.2 Å². The number of carbonyl (C=O) groups is 1. The van der Waals surface area contributed by atoms with Crippen LogP contribution in [0.3, 0.4) is 0 Å². The van der Waals surface area contributed by atoms with Crippen LogP contribution >= 0.6 is 0 Å². The number of non-ortho nitro benzene ring substituents is 1. The summed E-state index contributed by atoms with van der Waals surface area (Å²) in [6, 6.07) is 25.3. The smallest absolute Gasteiger partial charge is 0.310 e. The van der Waals surface area contributed by atoms with Gasteiger partial charge in [0.25, 0.3) is 5.69 Å². The maximum Gasteiger partial charge on any atom is 0.310 e. The second-order valence-corrected chi connectivity index (χ2v) is 11.9. The Morgan fingerprint density at radius 1 is 0.851 bits per heavy atom. The second-order valence-electron chi connectivity index (χ2n) is 11.9. The van der Waals surface area contributed by atoms with Crippen LogP contribution in [0.2, 0.25) is 0 Å². The van der Waals surface area contributed by atoms with Crippen LogP contribution in [0.15, 0.2) is 84.9 Å². The topological polar surface area (TPSA) is 146 Å². The number of cyclic esters (lactones) is 1. The standard InChI is InChI=1S/C36H28N4O7/c1-45-30-13-20(14-31(46-2)35(30)41)32-23-15-28-29(39-27-12-19-6-4-3-5-18(19)11-26(27)38-28)16-24(23)34(25-17-47-36(42)33(25)32)37-21-7-9-22(10-8-21)40(43)44/h3-16,25,32-34,37,41H,17H2,1-2H3/t25-,32+,33-,34+/m0/s1. The lowest BCUT2D eigenvalue weighted by Crippen LogP contribution is -2.37. The zero-order valence-electron chi connectivity index (χ0n) is 25.3. The molecule has 2 heterocycles. The summed E-state index contributed by atoms with van der Waals surface area (Å²) in [5.41, 5.74) is 5.92. The molecule has 0 radical (unpaired) electrons. The summed E-state index contributed by atoms with van der Waals surface area (Å²) >= 11 is 0. The van der Waals surface area contributed by atoms with Gasteiger partial charge in [0.1, 0.15) is 0 Å². The molecule has 234 valence electrons. The average molecular weight is 629 g/mol. The summed E-state index contributed by atoms with van der Waals surface area (Å²) in [6.45, 7) is 0.171. The molecular formula is C36H28N4O7. The Hall–Kier alpha value is -5.97. The molecule has 5 aromatic carbocycles. The van der Waals surface area contributed by atoms with E-state index < -0.39 is 22.8 Å². The summed E-state index contributed by atoms with van der Waals surface area (Å²) in [4.78, 5) is 34.5. The van der Waals surface area contributed by atoms with E-state index >= 15 is 0 Å². The molecule has 0 amide bonds. The Balaban J connectivity index is 1.37. The number of nitro groups is 1. The Kier molecular flexibility index (Phi) is 6.57. The van der Waals surface area contributed by atoms with Gasteiger partial charge in [0, 0.05) is 29.7 Å². The molecule has 6 aromatic rings. The van der Waals surface area contributed by atoms with Crippen LogP contribution in [0.1, 0.15) is 28.7 Å². The molecule has 8 rings (SSSR count). The van der Waals surface area contributed by atoms with Crippen molar-refractivity contribution < 1.29 is 29.0 Å². The number of nitrogens with one attached hydrogen (secondary N) is 1. The van der Waals surface area contributed by atoms with E-state index in [-0.39, 0.29) is 41.4 Å². The van der Waals surface area contributed by atoms with E-state index in [0.29, 0.717) is 22.3 Å². The quantitative estimate of drug-likeness (QED) is 0.0889. The van der Waals surface area contributed by atoms with Gasteiger partial charge in [0.2, 0.25) is 5.75 Å². The first-order valence-corrected chi connectivity index (χ1v) is 15.1. The highest BCUT2D eigenvalue weighted by molar-refractivity contribution is 5.98. The molecule has 0 spiro atoms. The van der Waals surface area contributed by atoms with Gasteiger partial charge in [-0.3, -0.25) is 14.9 Å². The van der Waals surface area contributed by atoms with Crippen LogP contribution in [0.5, 0.6) is 17.2 Å². The highest BCUT2D eigenvalue weighted by Gasteiger charge is 2.52. The molecule has 47 heavy (non-hydrogen) atoms. The van der Waals surface area contributed by atoms with Crippen LogP contribution in [0.4, 0.5) is 11.4 Å². The number of nitro benzene ring substituents is 1. The van der Waals surface area contributed by atoms with Gasteiger partial charge in [0.15, 0.2) is 11.5 Å². The number of hydrogen-bond acceptors (Lipinski definition) is 10. The van der Waals surface area contributed by atoms with Gasteiger partial charge < -0.3 is 24.6 Å². The third kappa shape index (κ3) is 4.61. The first-order valence-electron chi connectivity index (χ1n) is 15.1. The summed E-state index contributed by atoms with van der Waals surface area (Å²) in [6.07, 6.45) is 0. The minimum atomic E-state index is -0.605. The van der Waals surface area contributed by atoms with Gasteiger partial charge >= 0.3 is 5.97 Å². The van der Waals surface area contributed by atoms with E-state index in [1.54, 1.807) is 24.3 Å². The number of anilines is 1. The molecule has 1 aliphatic carbocycles. The van der Waals surface area contributed by atoms with Gasteiger partial charge in [-0.15, -0.1) is 0 Å². The van der Waals surface area contributed by atoms with Crippen molar-refractivity contribution in [1.29, 1.82) is 0 Å². The number of phenolic OH excluding ortho intramolecular Hbond substituents is 1. The number of phenols is 1. The van der Waals surface area contributed by atoms with Crippen molar-refractivity contribution in [2.45, 2.75) is 12.0 Å². The lowest BCUT2D eigenvalue weighted by molar-refractivity contribution is -0.384. The van der Waals surface area contributed by atoms with Gasteiger partial charge in [0.05, 0.1) is 59.8 Å². The van der Waals surface area contributed by atoms with E-state index in [2.05, 4.69) is 5.32 Å². The molecule has 11 heteroatoms. The van der Waals surface area contributed by atoms with Crippen LogP contribution < -0.4 is 14.8 Å². The summed E-state index contributed by atoms with van der Waals surface area (Å²) < 4.78 is 16.7. The fourth-order valence-electron chi connectivity index (χ4n) is 7.17. The minimum absolute atomic E-state index is 0.0205. The summed E-state index contributed by atoms with van der Waals surface area (Å²) in [5, 5.41) is 27.7. The molecule has 4 atom stereocenters. The Bertz CT molecular complexity index is 2230. The van der Waals surface area contributed by atoms with Crippen molar-refractivity contribution in [3.63, 3.8) is 0 Å².